The van der Waals surface area contributed by atoms with Crippen molar-refractivity contribution < 1.29 is 39.3 Å². The number of nitrogens with one attached hydrogen (secondary N) is 3. The number of aliphatic carboxylic acids is 2. The van der Waals surface area contributed by atoms with Crippen molar-refractivity contribution >= 4 is 29.7 Å². The van der Waals surface area contributed by atoms with Gasteiger partial charge in [-0.2, -0.15) is 0 Å². The molecule has 0 aromatic heterocycles. The molecule has 13 nitrogen and oxygen atoms in total. The lowest BCUT2D eigenvalue weighted by molar-refractivity contribution is -0.148. The quantitative estimate of drug-likeness (QED) is 0.128. The number of carboxylic acids is 2. The van der Waals surface area contributed by atoms with Crippen LogP contribution in [0.4, 0.5) is 0 Å². The second-order valence-corrected chi connectivity index (χ2v) is 6.86. The molecule has 0 aliphatic rings. The number of hydrogen-bond acceptors (Lipinski definition) is 8. The van der Waals surface area contributed by atoms with E-state index in [4.69, 9.17) is 21.7 Å². The van der Waals surface area contributed by atoms with Crippen LogP contribution in [0.3, 0.4) is 0 Å². The van der Waals surface area contributed by atoms with Crippen molar-refractivity contribution in [2.24, 2.45) is 11.5 Å². The van der Waals surface area contributed by atoms with Gasteiger partial charge in [-0.3, -0.25) is 19.2 Å². The lowest BCUT2D eigenvalue weighted by atomic mass is 10.1. The van der Waals surface area contributed by atoms with E-state index in [-0.39, 0.29) is 6.42 Å². The van der Waals surface area contributed by atoms with Crippen LogP contribution in [-0.4, -0.2) is 81.8 Å². The normalized spacial score (nSPS) is 15.8. The van der Waals surface area contributed by atoms with Gasteiger partial charge in [0.2, 0.25) is 17.7 Å². The highest BCUT2D eigenvalue weighted by Gasteiger charge is 2.33. The molecule has 0 radical (unpaired) electrons. The number of unbranched alkanes of at least 4 members (excludes halogenated alkanes) is 1. The van der Waals surface area contributed by atoms with E-state index in [2.05, 4.69) is 10.6 Å². The lowest BCUT2D eigenvalue weighted by Gasteiger charge is -2.26. The molecule has 10 N–H and O–H groups in total. The second-order valence-electron chi connectivity index (χ2n) is 6.86. The first-order chi connectivity index (χ1) is 13.9. The molecule has 0 aliphatic carbocycles. The minimum absolute atomic E-state index is 0.187. The van der Waals surface area contributed by atoms with Crippen LogP contribution < -0.4 is 27.4 Å². The van der Waals surface area contributed by atoms with Crippen LogP contribution in [0.2, 0.25) is 0 Å². The van der Waals surface area contributed by atoms with Gasteiger partial charge in [-0.1, -0.05) is 0 Å². The van der Waals surface area contributed by atoms with Gasteiger partial charge in [-0.15, -0.1) is 0 Å². The summed E-state index contributed by atoms with van der Waals surface area (Å²) in [6.07, 6.45) is -1.09. The number of carbonyl (C=O) groups is 5. The molecule has 0 rings (SSSR count). The Bertz CT molecular complexity index is 625. The van der Waals surface area contributed by atoms with Crippen molar-refractivity contribution in [3.05, 3.63) is 0 Å². The van der Waals surface area contributed by atoms with Crippen LogP contribution in [-0.2, 0) is 24.0 Å². The third-order valence-corrected chi connectivity index (χ3v) is 4.05. The molecule has 5 unspecified atom stereocenters. The summed E-state index contributed by atoms with van der Waals surface area (Å²) in [5.74, 6) is -5.55. The number of rotatable bonds is 14. The van der Waals surface area contributed by atoms with Gasteiger partial charge in [0.05, 0.1) is 18.6 Å². The number of aliphatic hydroxyl groups is 1. The summed E-state index contributed by atoms with van der Waals surface area (Å²) in [7, 11) is 0. The first-order valence-corrected chi connectivity index (χ1v) is 9.40. The fraction of sp³-hybridized carbons (Fsp3) is 0.706. The predicted molar refractivity (Wildman–Crippen MR) is 104 cm³/mol. The minimum atomic E-state index is -1.76. The Morgan fingerprint density at radius 1 is 0.867 bits per heavy atom. The number of hydrogen-bond donors (Lipinski definition) is 8. The third kappa shape index (κ3) is 10.1. The molecule has 3 amide bonds. The molecule has 0 aliphatic heterocycles. The zero-order chi connectivity index (χ0) is 23.4. The number of nitrogens with two attached hydrogens (primary N) is 2. The van der Waals surface area contributed by atoms with Crippen LogP contribution in [0, 0.1) is 0 Å². The highest BCUT2D eigenvalue weighted by molar-refractivity contribution is 5.94. The van der Waals surface area contributed by atoms with Crippen molar-refractivity contribution in [3.63, 3.8) is 0 Å². The van der Waals surface area contributed by atoms with E-state index in [1.54, 1.807) is 0 Å². The molecular formula is C17H31N5O8. The molecule has 0 fully saturated rings. The van der Waals surface area contributed by atoms with Gasteiger partial charge in [-0.05, 0) is 39.7 Å². The van der Waals surface area contributed by atoms with E-state index in [1.165, 1.54) is 13.8 Å². The Morgan fingerprint density at radius 3 is 1.87 bits per heavy atom. The molecule has 5 atom stereocenters. The monoisotopic (exact) mass is 433 g/mol. The third-order valence-electron chi connectivity index (χ3n) is 4.05. The summed E-state index contributed by atoms with van der Waals surface area (Å²) in [6.45, 7) is 2.97. The summed E-state index contributed by atoms with van der Waals surface area (Å²) in [4.78, 5) is 58.7. The fourth-order valence-electron chi connectivity index (χ4n) is 2.36. The maximum Gasteiger partial charge on any atom is 0.326 e. The summed E-state index contributed by atoms with van der Waals surface area (Å²) < 4.78 is 0. The highest BCUT2D eigenvalue weighted by atomic mass is 16.4. The van der Waals surface area contributed by atoms with Crippen LogP contribution in [0.5, 0.6) is 0 Å². The Morgan fingerprint density at radius 2 is 1.43 bits per heavy atom. The largest absolute Gasteiger partial charge is 0.481 e. The van der Waals surface area contributed by atoms with Crippen molar-refractivity contribution in [1.29, 1.82) is 0 Å². The zero-order valence-electron chi connectivity index (χ0n) is 17.0. The number of amides is 3. The topological polar surface area (TPSA) is 234 Å². The van der Waals surface area contributed by atoms with Gasteiger partial charge in [0.25, 0.3) is 0 Å². The summed E-state index contributed by atoms with van der Waals surface area (Å²) in [5, 5.41) is 34.3. The number of carboxylic acid groups (broad SMARTS) is 2. The van der Waals surface area contributed by atoms with E-state index in [1.807, 2.05) is 5.32 Å². The molecule has 172 valence electrons. The Kier molecular flexibility index (Phi) is 12.2. The smallest absolute Gasteiger partial charge is 0.326 e. The van der Waals surface area contributed by atoms with Gasteiger partial charge in [-0.25, -0.2) is 4.79 Å². The van der Waals surface area contributed by atoms with Crippen LogP contribution in [0.15, 0.2) is 0 Å². The first kappa shape index (κ1) is 27.2. The Balaban J connectivity index is 5.33. The van der Waals surface area contributed by atoms with Gasteiger partial charge in [0.15, 0.2) is 0 Å². The van der Waals surface area contributed by atoms with Crippen molar-refractivity contribution in [2.45, 2.75) is 69.8 Å². The van der Waals surface area contributed by atoms with Crippen LogP contribution in [0.1, 0.15) is 39.5 Å². The minimum Gasteiger partial charge on any atom is -0.481 e. The van der Waals surface area contributed by atoms with Crippen LogP contribution in [0.25, 0.3) is 0 Å². The summed E-state index contributed by atoms with van der Waals surface area (Å²) in [5.41, 5.74) is 10.9. The number of carbonyl (C=O) groups excluding carboxylic acids is 3. The van der Waals surface area contributed by atoms with E-state index < -0.39 is 66.4 Å². The maximum atomic E-state index is 12.6. The molecule has 0 aromatic rings. The zero-order valence-corrected chi connectivity index (χ0v) is 17.0. The standard InChI is InChI=1S/C17H31N5O8/c1-8(19)14(26)20-10(5-3-4-6-18)15(27)22-13(9(2)23)16(28)21-11(17(29)30)7-12(24)25/h8-11,13,23H,3-7,18-19H2,1-2H3,(H,20,26)(H,21,28)(H,22,27)(H,24,25)(H,29,30). The van der Waals surface area contributed by atoms with Crippen molar-refractivity contribution in [3.8, 4) is 0 Å². The van der Waals surface area contributed by atoms with Crippen molar-refractivity contribution in [2.75, 3.05) is 6.54 Å². The molecule has 30 heavy (non-hydrogen) atoms. The van der Waals surface area contributed by atoms with Gasteiger partial charge in [0.1, 0.15) is 18.1 Å². The number of aliphatic hydroxyl groups excluding tert-OH is 1. The van der Waals surface area contributed by atoms with Crippen LogP contribution >= 0.6 is 0 Å². The van der Waals surface area contributed by atoms with Gasteiger partial charge in [0, 0.05) is 0 Å². The molecular weight excluding hydrogens is 402 g/mol. The van der Waals surface area contributed by atoms with E-state index in [0.717, 1.165) is 0 Å². The van der Waals surface area contributed by atoms with E-state index in [0.29, 0.717) is 19.4 Å². The highest BCUT2D eigenvalue weighted by Crippen LogP contribution is 2.04. The van der Waals surface area contributed by atoms with Crippen molar-refractivity contribution in [1.82, 2.24) is 16.0 Å². The average molecular weight is 433 g/mol. The Labute approximate surface area is 173 Å². The molecule has 0 spiro atoms. The lowest BCUT2D eigenvalue weighted by Crippen LogP contribution is -2.59. The summed E-state index contributed by atoms with van der Waals surface area (Å²) >= 11 is 0. The molecule has 0 bridgehead atoms. The van der Waals surface area contributed by atoms with E-state index in [9.17, 15) is 29.1 Å². The molecule has 0 saturated heterocycles. The van der Waals surface area contributed by atoms with Gasteiger partial charge < -0.3 is 42.7 Å². The second kappa shape index (κ2) is 13.5. The fourth-order valence-corrected chi connectivity index (χ4v) is 2.36. The first-order valence-electron chi connectivity index (χ1n) is 9.40. The molecule has 13 heteroatoms. The molecule has 0 saturated carbocycles. The molecule has 0 heterocycles. The van der Waals surface area contributed by atoms with Gasteiger partial charge >= 0.3 is 11.9 Å². The maximum absolute atomic E-state index is 12.6. The predicted octanol–water partition coefficient (Wildman–Crippen LogP) is -3.14. The average Bonchev–Trinajstić information content (AvgIpc) is 2.63. The molecule has 0 aromatic carbocycles. The summed E-state index contributed by atoms with van der Waals surface area (Å²) in [6, 6.07) is -5.31. The van der Waals surface area contributed by atoms with E-state index >= 15 is 0 Å². The Hall–Kier alpha value is -2.77. The SMILES string of the molecule is CC(N)C(=O)NC(CCCCN)C(=O)NC(C(=O)NC(CC(=O)O)C(=O)O)C(C)O.